The number of nitrogens with zero attached hydrogens (tertiary/aromatic N) is 4. The van der Waals surface area contributed by atoms with Crippen molar-refractivity contribution in [1.29, 1.82) is 0 Å². The number of nitrogens with one attached hydrogen (secondary N) is 1. The molecule has 0 unspecified atom stereocenters. The zero-order valence-corrected chi connectivity index (χ0v) is 21.4. The average molecular weight is 520 g/mol. The highest BCUT2D eigenvalue weighted by atomic mass is 35.5. The molecule has 190 valence electrons. The van der Waals surface area contributed by atoms with Crippen molar-refractivity contribution in [3.63, 3.8) is 0 Å². The highest BCUT2D eigenvalue weighted by molar-refractivity contribution is 6.31. The van der Waals surface area contributed by atoms with E-state index >= 15 is 0 Å². The molecule has 0 aliphatic heterocycles. The number of aromatic nitrogens is 1. The summed E-state index contributed by atoms with van der Waals surface area (Å²) < 4.78 is 0. The molecular formula is C27H26ClN5O4. The molecular weight excluding hydrogens is 494 g/mol. The minimum absolute atomic E-state index is 0.0515. The number of aromatic amines is 1. The lowest BCUT2D eigenvalue weighted by atomic mass is 10.0. The fourth-order valence-electron chi connectivity index (χ4n) is 4.01. The molecule has 9 nitrogen and oxygen atoms in total. The van der Waals surface area contributed by atoms with Gasteiger partial charge in [0.2, 0.25) is 5.91 Å². The third-order valence-corrected chi connectivity index (χ3v) is 6.12. The number of rotatable bonds is 8. The maximum Gasteiger partial charge on any atom is 0.269 e. The summed E-state index contributed by atoms with van der Waals surface area (Å²) in [6.07, 6.45) is 0. The smallest absolute Gasteiger partial charge is 0.269 e. The zero-order chi connectivity index (χ0) is 26.7. The van der Waals surface area contributed by atoms with Crippen molar-refractivity contribution in [2.24, 2.45) is 4.99 Å². The maximum absolute atomic E-state index is 12.2. The van der Waals surface area contributed by atoms with Gasteiger partial charge >= 0.3 is 0 Å². The minimum atomic E-state index is -0.471. The summed E-state index contributed by atoms with van der Waals surface area (Å²) in [5.74, 6) is -0.163. The zero-order valence-electron chi connectivity index (χ0n) is 20.6. The van der Waals surface area contributed by atoms with Gasteiger partial charge in [0, 0.05) is 53.8 Å². The Labute approximate surface area is 218 Å². The van der Waals surface area contributed by atoms with Crippen molar-refractivity contribution in [3.8, 4) is 5.88 Å². The van der Waals surface area contributed by atoms with Crippen LogP contribution in [0.2, 0.25) is 5.02 Å². The van der Waals surface area contributed by atoms with Crippen molar-refractivity contribution in [2.45, 2.75) is 6.92 Å². The molecule has 0 bridgehead atoms. The largest absolute Gasteiger partial charge is 0.494 e. The van der Waals surface area contributed by atoms with Gasteiger partial charge in [-0.1, -0.05) is 17.7 Å². The number of nitro benzene ring substituents is 1. The fourth-order valence-corrected chi connectivity index (χ4v) is 4.18. The van der Waals surface area contributed by atoms with Crippen LogP contribution in [0.25, 0.3) is 10.9 Å². The van der Waals surface area contributed by atoms with Crippen molar-refractivity contribution in [1.82, 2.24) is 9.88 Å². The Morgan fingerprint density at radius 2 is 1.73 bits per heavy atom. The number of likely N-dealkylation sites (N-methyl/N-ethyl adjacent to an activating group) is 1. The van der Waals surface area contributed by atoms with E-state index in [2.05, 4.69) is 4.98 Å². The average Bonchev–Trinajstić information content (AvgIpc) is 3.17. The van der Waals surface area contributed by atoms with Crippen LogP contribution >= 0.6 is 11.6 Å². The summed E-state index contributed by atoms with van der Waals surface area (Å²) in [4.78, 5) is 34.4. The maximum atomic E-state index is 12.2. The number of carbonyl (C=O) groups excluding carboxylic acids is 1. The predicted molar refractivity (Wildman–Crippen MR) is 146 cm³/mol. The topological polar surface area (TPSA) is 115 Å². The van der Waals surface area contributed by atoms with Gasteiger partial charge in [0.25, 0.3) is 5.69 Å². The lowest BCUT2D eigenvalue weighted by molar-refractivity contribution is -0.384. The first-order valence-corrected chi connectivity index (χ1v) is 11.9. The highest BCUT2D eigenvalue weighted by Gasteiger charge is 2.20. The SMILES string of the molecule is CC(=O)N(CCN(C)C)c1ccc(N=C(c2ccc([N+](=O)[O-])cc2)c2c(O)[nH]c3cc(Cl)ccc23)cc1. The molecule has 0 saturated carbocycles. The molecule has 0 aliphatic rings. The number of nitro groups is 1. The van der Waals surface area contributed by atoms with Crippen molar-refractivity contribution < 1.29 is 14.8 Å². The molecule has 1 amide bonds. The number of carbonyl (C=O) groups is 1. The van der Waals surface area contributed by atoms with Gasteiger partial charge in [-0.05, 0) is 62.6 Å². The molecule has 0 spiro atoms. The number of aromatic hydroxyl groups is 1. The number of hydrogen-bond acceptors (Lipinski definition) is 6. The first kappa shape index (κ1) is 25.9. The van der Waals surface area contributed by atoms with E-state index in [4.69, 9.17) is 16.6 Å². The standard InChI is InChI=1S/C27H26ClN5O4/c1-17(34)32(15-14-31(2)3)21-11-7-20(8-12-21)29-26(18-4-9-22(10-5-18)33(36)37)25-23-13-6-19(28)16-24(23)30-27(25)35/h4-13,16,30,35H,14-15H2,1-3H3. The van der Waals surface area contributed by atoms with Gasteiger partial charge in [0.15, 0.2) is 5.88 Å². The van der Waals surface area contributed by atoms with Gasteiger partial charge in [-0.2, -0.15) is 0 Å². The molecule has 0 fully saturated rings. The molecule has 1 heterocycles. The van der Waals surface area contributed by atoms with Crippen molar-refractivity contribution in [3.05, 3.63) is 93.0 Å². The number of benzene rings is 3. The van der Waals surface area contributed by atoms with E-state index in [0.29, 0.717) is 51.5 Å². The number of anilines is 1. The molecule has 3 aromatic carbocycles. The normalized spacial score (nSPS) is 11.8. The number of hydrogen-bond donors (Lipinski definition) is 2. The second-order valence-electron chi connectivity index (χ2n) is 8.79. The van der Waals surface area contributed by atoms with Crippen LogP contribution in [0.3, 0.4) is 0 Å². The van der Waals surface area contributed by atoms with Crippen LogP contribution in [0, 0.1) is 10.1 Å². The number of amides is 1. The molecule has 0 aliphatic carbocycles. The van der Waals surface area contributed by atoms with Gasteiger partial charge < -0.3 is 19.9 Å². The van der Waals surface area contributed by atoms with E-state index in [0.717, 1.165) is 5.69 Å². The quantitative estimate of drug-likeness (QED) is 0.181. The molecule has 10 heteroatoms. The van der Waals surface area contributed by atoms with Crippen molar-refractivity contribution >= 4 is 51.2 Å². The second kappa shape index (κ2) is 10.8. The first-order valence-electron chi connectivity index (χ1n) is 11.5. The van der Waals surface area contributed by atoms with E-state index in [9.17, 15) is 20.0 Å². The number of fused-ring (bicyclic) bond motifs is 1. The number of non-ortho nitro benzene ring substituents is 1. The Balaban J connectivity index is 1.80. The van der Waals surface area contributed by atoms with Gasteiger partial charge in [-0.15, -0.1) is 0 Å². The van der Waals surface area contributed by atoms with Crippen LogP contribution < -0.4 is 4.90 Å². The Hall–Kier alpha value is -4.21. The number of H-pyrrole nitrogens is 1. The van der Waals surface area contributed by atoms with Crippen LogP contribution in [0.4, 0.5) is 17.1 Å². The summed E-state index contributed by atoms with van der Waals surface area (Å²) in [5.41, 5.74) is 3.35. The summed E-state index contributed by atoms with van der Waals surface area (Å²) >= 11 is 6.13. The van der Waals surface area contributed by atoms with Crippen LogP contribution in [-0.4, -0.2) is 58.7 Å². The fraction of sp³-hybridized carbons (Fsp3) is 0.185. The molecule has 0 atom stereocenters. The molecule has 4 aromatic rings. The minimum Gasteiger partial charge on any atom is -0.494 e. The van der Waals surface area contributed by atoms with E-state index in [1.165, 1.54) is 19.1 Å². The lowest BCUT2D eigenvalue weighted by Gasteiger charge is -2.23. The van der Waals surface area contributed by atoms with Gasteiger partial charge in [-0.3, -0.25) is 14.9 Å². The molecule has 37 heavy (non-hydrogen) atoms. The van der Waals surface area contributed by atoms with Gasteiger partial charge in [0.05, 0.1) is 27.4 Å². The monoisotopic (exact) mass is 519 g/mol. The van der Waals surface area contributed by atoms with Gasteiger partial charge in [0.1, 0.15) is 0 Å². The van der Waals surface area contributed by atoms with Crippen LogP contribution in [-0.2, 0) is 4.79 Å². The molecule has 2 N–H and O–H groups in total. The highest BCUT2D eigenvalue weighted by Crippen LogP contribution is 2.33. The molecule has 0 saturated heterocycles. The molecule has 4 rings (SSSR count). The van der Waals surface area contributed by atoms with Crippen molar-refractivity contribution in [2.75, 3.05) is 32.1 Å². The molecule has 0 radical (unpaired) electrons. The predicted octanol–water partition coefficient (Wildman–Crippen LogP) is 5.52. The second-order valence-corrected chi connectivity index (χ2v) is 9.23. The van der Waals surface area contributed by atoms with Gasteiger partial charge in [-0.25, -0.2) is 4.99 Å². The van der Waals surface area contributed by atoms with E-state index in [1.54, 1.807) is 47.4 Å². The number of aliphatic imine (C=N–C) groups is 1. The van der Waals surface area contributed by atoms with Crippen LogP contribution in [0.1, 0.15) is 18.1 Å². The third-order valence-electron chi connectivity index (χ3n) is 5.88. The van der Waals surface area contributed by atoms with E-state index in [-0.39, 0.29) is 17.5 Å². The lowest BCUT2D eigenvalue weighted by Crippen LogP contribution is -2.35. The summed E-state index contributed by atoms with van der Waals surface area (Å²) in [7, 11) is 3.90. The Bertz CT molecular complexity index is 1480. The Morgan fingerprint density at radius 1 is 1.05 bits per heavy atom. The third kappa shape index (κ3) is 5.79. The van der Waals surface area contributed by atoms with Crippen LogP contribution in [0.15, 0.2) is 71.7 Å². The Morgan fingerprint density at radius 3 is 2.32 bits per heavy atom. The summed E-state index contributed by atoms with van der Waals surface area (Å²) in [6, 6.07) is 18.4. The number of halogens is 1. The summed E-state index contributed by atoms with van der Waals surface area (Å²) in [5, 5.41) is 23.2. The van der Waals surface area contributed by atoms with E-state index < -0.39 is 4.92 Å². The first-order chi connectivity index (χ1) is 17.6. The van der Waals surface area contributed by atoms with Crippen LogP contribution in [0.5, 0.6) is 5.88 Å². The Kier molecular flexibility index (Phi) is 7.56. The van der Waals surface area contributed by atoms with E-state index in [1.807, 2.05) is 31.1 Å². The summed E-state index contributed by atoms with van der Waals surface area (Å²) in [6.45, 7) is 2.79. The molecule has 1 aromatic heterocycles.